The number of rotatable bonds is 5. The third-order valence-electron chi connectivity index (χ3n) is 3.13. The second-order valence-corrected chi connectivity index (χ2v) is 4.62. The van der Waals surface area contributed by atoms with Crippen molar-refractivity contribution in [3.05, 3.63) is 24.3 Å². The first kappa shape index (κ1) is 13.7. The first-order valence-corrected chi connectivity index (χ1v) is 6.71. The van der Waals surface area contributed by atoms with E-state index in [-0.39, 0.29) is 25.3 Å². The molecule has 0 bridgehead atoms. The lowest BCUT2D eigenvalue weighted by atomic mass is 10.2. The monoisotopic (exact) mass is 264 g/mol. The van der Waals surface area contributed by atoms with Gasteiger partial charge in [-0.15, -0.1) is 0 Å². The third kappa shape index (κ3) is 4.13. The molecule has 0 spiro atoms. The summed E-state index contributed by atoms with van der Waals surface area (Å²) in [6.45, 7) is 0.158. The summed E-state index contributed by atoms with van der Waals surface area (Å²) in [6.07, 6.45) is 4.81. The number of para-hydroxylation sites is 2. The van der Waals surface area contributed by atoms with Crippen molar-refractivity contribution in [2.24, 2.45) is 0 Å². The van der Waals surface area contributed by atoms with Crippen molar-refractivity contribution in [1.29, 1.82) is 0 Å². The number of anilines is 1. The molecule has 0 atom stereocenters. The highest BCUT2D eigenvalue weighted by molar-refractivity contribution is 5.90. The van der Waals surface area contributed by atoms with E-state index in [0.717, 1.165) is 12.8 Å². The Hall–Kier alpha value is -1.75. The van der Waals surface area contributed by atoms with Crippen LogP contribution in [0.1, 0.15) is 25.7 Å². The Morgan fingerprint density at radius 2 is 2.05 bits per heavy atom. The number of hydrogen-bond acceptors (Lipinski definition) is 3. The Morgan fingerprint density at radius 3 is 2.79 bits per heavy atom. The van der Waals surface area contributed by atoms with E-state index in [4.69, 9.17) is 9.84 Å². The van der Waals surface area contributed by atoms with Gasteiger partial charge in [0.25, 0.3) is 0 Å². The zero-order chi connectivity index (χ0) is 13.5. The van der Waals surface area contributed by atoms with Crippen LogP contribution in [-0.4, -0.2) is 30.4 Å². The molecule has 1 aromatic rings. The lowest BCUT2D eigenvalue weighted by Crippen LogP contribution is -2.31. The zero-order valence-electron chi connectivity index (χ0n) is 10.9. The highest BCUT2D eigenvalue weighted by Crippen LogP contribution is 2.29. The number of amides is 2. The van der Waals surface area contributed by atoms with Crippen LogP contribution in [0.2, 0.25) is 0 Å². The molecule has 1 aliphatic carbocycles. The van der Waals surface area contributed by atoms with Crippen LogP contribution < -0.4 is 15.4 Å². The van der Waals surface area contributed by atoms with E-state index < -0.39 is 0 Å². The van der Waals surface area contributed by atoms with Gasteiger partial charge in [-0.05, 0) is 37.8 Å². The predicted octanol–water partition coefficient (Wildman–Crippen LogP) is 2.12. The molecule has 0 heterocycles. The smallest absolute Gasteiger partial charge is 0.319 e. The Bertz CT molecular complexity index is 417. The van der Waals surface area contributed by atoms with E-state index >= 15 is 0 Å². The van der Waals surface area contributed by atoms with Crippen molar-refractivity contribution in [2.75, 3.05) is 18.5 Å². The van der Waals surface area contributed by atoms with Crippen molar-refractivity contribution < 1.29 is 14.6 Å². The summed E-state index contributed by atoms with van der Waals surface area (Å²) >= 11 is 0. The number of hydrogen-bond donors (Lipinski definition) is 3. The maximum atomic E-state index is 11.6. The van der Waals surface area contributed by atoms with Crippen molar-refractivity contribution >= 4 is 11.7 Å². The number of nitrogens with one attached hydrogen (secondary N) is 2. The van der Waals surface area contributed by atoms with Gasteiger partial charge in [0.2, 0.25) is 0 Å². The van der Waals surface area contributed by atoms with Crippen LogP contribution in [0.25, 0.3) is 0 Å². The topological polar surface area (TPSA) is 70.6 Å². The highest BCUT2D eigenvalue weighted by atomic mass is 16.5. The van der Waals surface area contributed by atoms with E-state index in [1.807, 2.05) is 24.3 Å². The number of aliphatic hydroxyl groups excluding tert-OH is 1. The van der Waals surface area contributed by atoms with E-state index in [1.165, 1.54) is 12.8 Å². The molecule has 3 N–H and O–H groups in total. The van der Waals surface area contributed by atoms with Crippen molar-refractivity contribution in [3.8, 4) is 5.75 Å². The average molecular weight is 264 g/mol. The van der Waals surface area contributed by atoms with Crippen molar-refractivity contribution in [3.63, 3.8) is 0 Å². The van der Waals surface area contributed by atoms with Gasteiger partial charge < -0.3 is 20.5 Å². The van der Waals surface area contributed by atoms with Gasteiger partial charge in [-0.1, -0.05) is 12.1 Å². The van der Waals surface area contributed by atoms with Crippen LogP contribution >= 0.6 is 0 Å². The van der Waals surface area contributed by atoms with Gasteiger partial charge in [0.05, 0.1) is 18.4 Å². The molecule has 5 nitrogen and oxygen atoms in total. The molecule has 1 aromatic carbocycles. The van der Waals surface area contributed by atoms with Gasteiger partial charge in [0.15, 0.2) is 0 Å². The fraction of sp³-hybridized carbons (Fsp3) is 0.500. The fourth-order valence-electron chi connectivity index (χ4n) is 2.19. The van der Waals surface area contributed by atoms with Crippen molar-refractivity contribution in [1.82, 2.24) is 5.32 Å². The lowest BCUT2D eigenvalue weighted by Gasteiger charge is -2.17. The van der Waals surface area contributed by atoms with Crippen LogP contribution in [0.3, 0.4) is 0 Å². The summed E-state index contributed by atoms with van der Waals surface area (Å²) in [5.74, 6) is 0.702. The standard InChI is InChI=1S/C14H20N2O3/c17-10-9-15-14(18)16-12-7-3-4-8-13(12)19-11-5-1-2-6-11/h3-4,7-8,11,17H,1-2,5-6,9-10H2,(H2,15,16,18). The van der Waals surface area contributed by atoms with Crippen LogP contribution in [0.5, 0.6) is 5.75 Å². The molecule has 2 amide bonds. The van der Waals surface area contributed by atoms with Gasteiger partial charge in [-0.2, -0.15) is 0 Å². The molecule has 0 radical (unpaired) electrons. The Morgan fingerprint density at radius 1 is 1.32 bits per heavy atom. The molecule has 0 unspecified atom stereocenters. The van der Waals surface area contributed by atoms with Gasteiger partial charge >= 0.3 is 6.03 Å². The molecule has 1 saturated carbocycles. The average Bonchev–Trinajstić information content (AvgIpc) is 2.91. The number of carbonyl (C=O) groups excluding carboxylic acids is 1. The minimum Gasteiger partial charge on any atom is -0.488 e. The predicted molar refractivity (Wildman–Crippen MR) is 73.4 cm³/mol. The lowest BCUT2D eigenvalue weighted by molar-refractivity contribution is 0.211. The van der Waals surface area contributed by atoms with Gasteiger partial charge in [-0.3, -0.25) is 0 Å². The molecule has 0 saturated heterocycles. The molecule has 2 rings (SSSR count). The summed E-state index contributed by atoms with van der Waals surface area (Å²) in [4.78, 5) is 11.6. The van der Waals surface area contributed by atoms with E-state index in [2.05, 4.69) is 10.6 Å². The first-order chi connectivity index (χ1) is 9.29. The van der Waals surface area contributed by atoms with Crippen LogP contribution in [0.4, 0.5) is 10.5 Å². The highest BCUT2D eigenvalue weighted by Gasteiger charge is 2.18. The molecule has 104 valence electrons. The van der Waals surface area contributed by atoms with E-state index in [0.29, 0.717) is 11.4 Å². The summed E-state index contributed by atoms with van der Waals surface area (Å²) in [5.41, 5.74) is 0.657. The van der Waals surface area contributed by atoms with Crippen molar-refractivity contribution in [2.45, 2.75) is 31.8 Å². The molecule has 0 aliphatic heterocycles. The summed E-state index contributed by atoms with van der Waals surface area (Å²) in [7, 11) is 0. The molecule has 19 heavy (non-hydrogen) atoms. The first-order valence-electron chi connectivity index (χ1n) is 6.71. The summed E-state index contributed by atoms with van der Waals surface area (Å²) in [5, 5.41) is 13.9. The fourth-order valence-corrected chi connectivity index (χ4v) is 2.19. The normalized spacial score (nSPS) is 15.2. The zero-order valence-corrected chi connectivity index (χ0v) is 10.9. The van der Waals surface area contributed by atoms with Crippen LogP contribution in [0, 0.1) is 0 Å². The largest absolute Gasteiger partial charge is 0.488 e. The molecule has 1 fully saturated rings. The molecular formula is C14H20N2O3. The Balaban J connectivity index is 1.97. The van der Waals surface area contributed by atoms with Gasteiger partial charge in [0.1, 0.15) is 5.75 Å². The third-order valence-corrected chi connectivity index (χ3v) is 3.13. The van der Waals surface area contributed by atoms with E-state index in [9.17, 15) is 4.79 Å². The van der Waals surface area contributed by atoms with Gasteiger partial charge in [0, 0.05) is 6.54 Å². The van der Waals surface area contributed by atoms with Gasteiger partial charge in [-0.25, -0.2) is 4.79 Å². The molecule has 1 aliphatic rings. The SMILES string of the molecule is O=C(NCCO)Nc1ccccc1OC1CCCC1. The Labute approximate surface area is 113 Å². The van der Waals surface area contributed by atoms with E-state index in [1.54, 1.807) is 0 Å². The molecular weight excluding hydrogens is 244 g/mol. The number of carbonyl (C=O) groups is 1. The minimum absolute atomic E-state index is 0.0758. The number of benzene rings is 1. The summed E-state index contributed by atoms with van der Waals surface area (Å²) < 4.78 is 5.92. The second kappa shape index (κ2) is 6.99. The maximum Gasteiger partial charge on any atom is 0.319 e. The molecule has 5 heteroatoms. The maximum absolute atomic E-state index is 11.6. The number of aliphatic hydroxyl groups is 1. The Kier molecular flexibility index (Phi) is 5.03. The van der Waals surface area contributed by atoms with Crippen LogP contribution in [0.15, 0.2) is 24.3 Å². The molecule has 0 aromatic heterocycles. The summed E-state index contributed by atoms with van der Waals surface area (Å²) in [6, 6.07) is 7.07. The number of urea groups is 1. The quantitative estimate of drug-likeness (QED) is 0.763. The van der Waals surface area contributed by atoms with Crippen LogP contribution in [-0.2, 0) is 0 Å². The second-order valence-electron chi connectivity index (χ2n) is 4.62. The number of ether oxygens (including phenoxy) is 1. The minimum atomic E-state index is -0.337.